The van der Waals surface area contributed by atoms with E-state index in [9.17, 15) is 0 Å². The third-order valence-corrected chi connectivity index (χ3v) is 6.07. The van der Waals surface area contributed by atoms with Crippen molar-refractivity contribution in [3.8, 4) is 0 Å². The van der Waals surface area contributed by atoms with E-state index < -0.39 is 8.56 Å². The third-order valence-electron chi connectivity index (χ3n) is 2.88. The largest absolute Gasteiger partial charge is 0.398 e. The first kappa shape index (κ1) is 13.7. The molecular weight excluding hydrogens is 240 g/mol. The van der Waals surface area contributed by atoms with E-state index in [-0.39, 0.29) is 0 Å². The first-order valence-electron chi connectivity index (χ1n) is 5.37. The zero-order chi connectivity index (χ0) is 12.0. The highest BCUT2D eigenvalue weighted by molar-refractivity contribution is 6.65. The molecule has 1 aromatic rings. The molecule has 0 aliphatic carbocycles. The fourth-order valence-electron chi connectivity index (χ4n) is 1.53. The van der Waals surface area contributed by atoms with Gasteiger partial charge >= 0.3 is 8.56 Å². The molecule has 0 bridgehead atoms. The second-order valence-electron chi connectivity index (χ2n) is 4.00. The monoisotopic (exact) mass is 258 g/mol. The summed E-state index contributed by atoms with van der Waals surface area (Å²) in [6.07, 6.45) is 0.981. The summed E-state index contributed by atoms with van der Waals surface area (Å²) >= 11 is 5.80. The number of hydrogen-bond donors (Lipinski definition) is 0. The summed E-state index contributed by atoms with van der Waals surface area (Å²) < 4.78 is 10.9. The summed E-state index contributed by atoms with van der Waals surface area (Å²) in [5.74, 6) is 0.567. The van der Waals surface area contributed by atoms with Crippen LogP contribution in [0.3, 0.4) is 0 Å². The van der Waals surface area contributed by atoms with Crippen molar-refractivity contribution in [2.24, 2.45) is 0 Å². The van der Waals surface area contributed by atoms with Crippen LogP contribution in [0.5, 0.6) is 0 Å². The first-order chi connectivity index (χ1) is 7.63. The van der Waals surface area contributed by atoms with Crippen molar-refractivity contribution >= 4 is 20.2 Å². The Morgan fingerprint density at radius 1 is 1.19 bits per heavy atom. The van der Waals surface area contributed by atoms with Crippen molar-refractivity contribution in [2.45, 2.75) is 24.9 Å². The van der Waals surface area contributed by atoms with Crippen LogP contribution in [-0.2, 0) is 21.2 Å². The minimum Gasteiger partial charge on any atom is -0.398 e. The van der Waals surface area contributed by atoms with Crippen molar-refractivity contribution in [2.75, 3.05) is 14.2 Å². The van der Waals surface area contributed by atoms with Crippen LogP contribution in [0.2, 0.25) is 12.6 Å². The van der Waals surface area contributed by atoms with Gasteiger partial charge in [0, 0.05) is 20.1 Å². The minimum atomic E-state index is -1.94. The average Bonchev–Trinajstić information content (AvgIpc) is 2.36. The molecule has 0 saturated heterocycles. The number of aryl methyl sites for hydroxylation is 1. The summed E-state index contributed by atoms with van der Waals surface area (Å²) in [5.41, 5.74) is 2.46. The van der Waals surface area contributed by atoms with E-state index in [0.29, 0.717) is 5.88 Å². The van der Waals surface area contributed by atoms with Gasteiger partial charge in [0.15, 0.2) is 0 Å². The second-order valence-corrected chi connectivity index (χ2v) is 7.85. The van der Waals surface area contributed by atoms with Gasteiger partial charge in [0.1, 0.15) is 0 Å². The molecule has 0 atom stereocenters. The predicted octanol–water partition coefficient (Wildman–Crippen LogP) is 3.33. The molecule has 16 heavy (non-hydrogen) atoms. The van der Waals surface area contributed by atoms with Crippen LogP contribution >= 0.6 is 11.6 Å². The molecule has 0 fully saturated rings. The SMILES string of the molecule is CO[Si](C)(CCc1cccc(CCl)c1)OC. The van der Waals surface area contributed by atoms with Crippen molar-refractivity contribution < 1.29 is 8.85 Å². The molecule has 0 unspecified atom stereocenters. The highest BCUT2D eigenvalue weighted by Gasteiger charge is 2.27. The summed E-state index contributed by atoms with van der Waals surface area (Å²) in [6.45, 7) is 2.08. The lowest BCUT2D eigenvalue weighted by molar-refractivity contribution is 0.249. The molecule has 0 aromatic heterocycles. The van der Waals surface area contributed by atoms with E-state index in [1.807, 2.05) is 12.1 Å². The highest BCUT2D eigenvalue weighted by atomic mass is 35.5. The van der Waals surface area contributed by atoms with E-state index in [1.165, 1.54) is 5.56 Å². The first-order valence-corrected chi connectivity index (χ1v) is 8.43. The Hall–Kier alpha value is -0.353. The van der Waals surface area contributed by atoms with Gasteiger partial charge in [-0.05, 0) is 30.1 Å². The van der Waals surface area contributed by atoms with Gasteiger partial charge in [-0.3, -0.25) is 0 Å². The number of alkyl halides is 1. The van der Waals surface area contributed by atoms with Gasteiger partial charge in [-0.2, -0.15) is 0 Å². The van der Waals surface area contributed by atoms with Crippen LogP contribution in [0.1, 0.15) is 11.1 Å². The molecule has 0 aliphatic heterocycles. The molecule has 0 amide bonds. The Morgan fingerprint density at radius 2 is 1.81 bits per heavy atom. The zero-order valence-electron chi connectivity index (χ0n) is 10.1. The summed E-state index contributed by atoms with van der Waals surface area (Å²) in [5, 5.41) is 0. The predicted molar refractivity (Wildman–Crippen MR) is 70.1 cm³/mol. The van der Waals surface area contributed by atoms with Crippen molar-refractivity contribution in [1.82, 2.24) is 0 Å². The van der Waals surface area contributed by atoms with E-state index in [4.69, 9.17) is 20.5 Å². The van der Waals surface area contributed by atoms with Crippen LogP contribution in [-0.4, -0.2) is 22.8 Å². The van der Waals surface area contributed by atoms with E-state index in [0.717, 1.165) is 18.0 Å². The van der Waals surface area contributed by atoms with Gasteiger partial charge in [-0.15, -0.1) is 11.6 Å². The van der Waals surface area contributed by atoms with Crippen LogP contribution in [0.15, 0.2) is 24.3 Å². The maximum Gasteiger partial charge on any atom is 0.334 e. The van der Waals surface area contributed by atoms with Gasteiger partial charge in [0.05, 0.1) is 0 Å². The molecule has 0 saturated carbocycles. The van der Waals surface area contributed by atoms with Crippen LogP contribution < -0.4 is 0 Å². The molecular formula is C12H19ClO2Si. The van der Waals surface area contributed by atoms with Gasteiger partial charge in [-0.1, -0.05) is 24.3 Å². The normalized spacial score (nSPS) is 11.8. The van der Waals surface area contributed by atoms with Gasteiger partial charge < -0.3 is 8.85 Å². The Bertz CT molecular complexity index is 327. The lowest BCUT2D eigenvalue weighted by atomic mass is 10.1. The summed E-state index contributed by atoms with van der Waals surface area (Å²) in [4.78, 5) is 0. The minimum absolute atomic E-state index is 0.567. The van der Waals surface area contributed by atoms with Crippen LogP contribution in [0.25, 0.3) is 0 Å². The smallest absolute Gasteiger partial charge is 0.334 e. The van der Waals surface area contributed by atoms with Crippen LogP contribution in [0, 0.1) is 0 Å². The van der Waals surface area contributed by atoms with Gasteiger partial charge in [-0.25, -0.2) is 0 Å². The molecule has 2 nitrogen and oxygen atoms in total. The Labute approximate surface area is 104 Å². The summed E-state index contributed by atoms with van der Waals surface area (Å²) in [6, 6.07) is 9.32. The maximum absolute atomic E-state index is 5.80. The average molecular weight is 259 g/mol. The standard InChI is InChI=1S/C12H19ClO2Si/c1-14-16(3,15-2)8-7-11-5-4-6-12(9-11)10-13/h4-6,9H,7-8,10H2,1-3H3. The fourth-order valence-corrected chi connectivity index (χ4v) is 3.01. The van der Waals surface area contributed by atoms with Crippen molar-refractivity contribution in [1.29, 1.82) is 0 Å². The Kier molecular flexibility index (Phi) is 5.48. The quantitative estimate of drug-likeness (QED) is 0.576. The molecule has 1 rings (SSSR count). The van der Waals surface area contributed by atoms with E-state index in [1.54, 1.807) is 14.2 Å². The van der Waals surface area contributed by atoms with Crippen molar-refractivity contribution in [3.63, 3.8) is 0 Å². The van der Waals surface area contributed by atoms with Gasteiger partial charge in [0.25, 0.3) is 0 Å². The van der Waals surface area contributed by atoms with Crippen molar-refractivity contribution in [3.05, 3.63) is 35.4 Å². The Morgan fingerprint density at radius 3 is 2.38 bits per heavy atom. The summed E-state index contributed by atoms with van der Waals surface area (Å²) in [7, 11) is 1.51. The zero-order valence-corrected chi connectivity index (χ0v) is 11.9. The lowest BCUT2D eigenvalue weighted by Gasteiger charge is -2.22. The van der Waals surface area contributed by atoms with E-state index in [2.05, 4.69) is 18.7 Å². The molecule has 0 aliphatic rings. The molecule has 90 valence electrons. The third kappa shape index (κ3) is 3.90. The lowest BCUT2D eigenvalue weighted by Crippen LogP contribution is -2.36. The Balaban J connectivity index is 2.60. The van der Waals surface area contributed by atoms with E-state index >= 15 is 0 Å². The number of rotatable bonds is 6. The maximum atomic E-state index is 5.80. The fraction of sp³-hybridized carbons (Fsp3) is 0.500. The molecule has 4 heteroatoms. The number of benzene rings is 1. The molecule has 1 aromatic carbocycles. The van der Waals surface area contributed by atoms with Gasteiger partial charge in [0.2, 0.25) is 0 Å². The highest BCUT2D eigenvalue weighted by Crippen LogP contribution is 2.17. The molecule has 0 heterocycles. The molecule has 0 N–H and O–H groups in total. The molecule has 0 spiro atoms. The number of hydrogen-bond acceptors (Lipinski definition) is 2. The number of halogens is 1. The second kappa shape index (κ2) is 6.40. The topological polar surface area (TPSA) is 18.5 Å². The molecule has 0 radical (unpaired) electrons. The van der Waals surface area contributed by atoms with Crippen LogP contribution in [0.4, 0.5) is 0 Å².